The van der Waals surface area contributed by atoms with Crippen LogP contribution in [0.15, 0.2) is 0 Å². The quantitative estimate of drug-likeness (QED) is 0.753. The van der Waals surface area contributed by atoms with Gasteiger partial charge in [-0.15, -0.1) is 0 Å². The summed E-state index contributed by atoms with van der Waals surface area (Å²) in [5.41, 5.74) is 0. The minimum absolute atomic E-state index is 0.225. The molecular formula is C13H28N2O2S. The Hall–Kier alpha value is -0.130. The van der Waals surface area contributed by atoms with Crippen molar-refractivity contribution in [2.45, 2.75) is 33.2 Å². The van der Waals surface area contributed by atoms with Crippen LogP contribution in [0.1, 0.15) is 27.2 Å². The third-order valence-corrected chi connectivity index (χ3v) is 5.23. The molecule has 0 radical (unpaired) electrons. The average Bonchev–Trinajstić information content (AvgIpc) is 2.58. The number of nitrogens with one attached hydrogen (secondary N) is 1. The lowest BCUT2D eigenvalue weighted by molar-refractivity contribution is 0.224. The fraction of sp³-hybridized carbons (Fsp3) is 1.00. The summed E-state index contributed by atoms with van der Waals surface area (Å²) < 4.78 is 22.9. The molecule has 1 saturated heterocycles. The van der Waals surface area contributed by atoms with E-state index in [9.17, 15) is 8.42 Å². The summed E-state index contributed by atoms with van der Waals surface area (Å²) in [7, 11) is -0.716. The van der Waals surface area contributed by atoms with Gasteiger partial charge in [0.1, 0.15) is 0 Å². The molecule has 4 nitrogen and oxygen atoms in total. The molecule has 0 aromatic rings. The van der Waals surface area contributed by atoms with E-state index < -0.39 is 9.84 Å². The van der Waals surface area contributed by atoms with Gasteiger partial charge in [-0.3, -0.25) is 0 Å². The lowest BCUT2D eigenvalue weighted by Gasteiger charge is -2.26. The molecule has 2 unspecified atom stereocenters. The van der Waals surface area contributed by atoms with Crippen LogP contribution in [0, 0.1) is 11.8 Å². The van der Waals surface area contributed by atoms with E-state index in [0.717, 1.165) is 26.1 Å². The summed E-state index contributed by atoms with van der Waals surface area (Å²) in [5, 5.41) is 3.45. The summed E-state index contributed by atoms with van der Waals surface area (Å²) in [6.45, 7) is 9.63. The van der Waals surface area contributed by atoms with Crippen molar-refractivity contribution in [3.63, 3.8) is 0 Å². The zero-order valence-electron chi connectivity index (χ0n) is 12.1. The number of hydrogen-bond donors (Lipinski definition) is 1. The molecule has 0 aliphatic carbocycles. The fourth-order valence-corrected chi connectivity index (χ4v) is 4.25. The number of rotatable bonds is 7. The van der Waals surface area contributed by atoms with Gasteiger partial charge < -0.3 is 10.2 Å². The van der Waals surface area contributed by atoms with Crippen LogP contribution in [0.3, 0.4) is 0 Å². The Labute approximate surface area is 112 Å². The molecule has 0 saturated carbocycles. The van der Waals surface area contributed by atoms with Crippen LogP contribution >= 0.6 is 0 Å². The predicted molar refractivity (Wildman–Crippen MR) is 76.6 cm³/mol. The first-order chi connectivity index (χ1) is 8.30. The van der Waals surface area contributed by atoms with Gasteiger partial charge in [-0.2, -0.15) is 0 Å². The minimum atomic E-state index is -2.76. The highest BCUT2D eigenvalue weighted by atomic mass is 32.2. The van der Waals surface area contributed by atoms with E-state index in [0.29, 0.717) is 23.3 Å². The molecule has 5 heteroatoms. The van der Waals surface area contributed by atoms with Crippen molar-refractivity contribution in [2.75, 3.05) is 38.2 Å². The highest BCUT2D eigenvalue weighted by Gasteiger charge is 2.30. The monoisotopic (exact) mass is 276 g/mol. The molecule has 0 bridgehead atoms. The highest BCUT2D eigenvalue weighted by molar-refractivity contribution is 7.91. The van der Waals surface area contributed by atoms with Gasteiger partial charge in [0.15, 0.2) is 9.84 Å². The smallest absolute Gasteiger partial charge is 0.151 e. The van der Waals surface area contributed by atoms with Crippen LogP contribution < -0.4 is 5.32 Å². The fourth-order valence-electron chi connectivity index (χ4n) is 2.45. The standard InChI is InChI=1S/C13H28N2O2S/c1-11(2)7-14-8-12(3)9-15(4)13-5-6-18(16,17)10-13/h11-14H,5-10H2,1-4H3. The van der Waals surface area contributed by atoms with Crippen molar-refractivity contribution >= 4 is 9.84 Å². The van der Waals surface area contributed by atoms with E-state index in [1.807, 2.05) is 7.05 Å². The first kappa shape index (κ1) is 15.9. The van der Waals surface area contributed by atoms with Crippen LogP contribution in [0.2, 0.25) is 0 Å². The molecule has 1 aliphatic rings. The minimum Gasteiger partial charge on any atom is -0.316 e. The topological polar surface area (TPSA) is 49.4 Å². The van der Waals surface area contributed by atoms with Gasteiger partial charge in [-0.25, -0.2) is 8.42 Å². The van der Waals surface area contributed by atoms with Gasteiger partial charge in [-0.05, 0) is 38.4 Å². The molecular weight excluding hydrogens is 248 g/mol. The molecule has 18 heavy (non-hydrogen) atoms. The van der Waals surface area contributed by atoms with Crippen molar-refractivity contribution in [2.24, 2.45) is 11.8 Å². The van der Waals surface area contributed by atoms with Crippen LogP contribution in [-0.4, -0.2) is 57.5 Å². The molecule has 1 heterocycles. The Bertz CT molecular complexity index is 341. The van der Waals surface area contributed by atoms with Crippen LogP contribution in [0.5, 0.6) is 0 Å². The molecule has 0 spiro atoms. The number of sulfone groups is 1. The van der Waals surface area contributed by atoms with Crippen LogP contribution in [0.25, 0.3) is 0 Å². The van der Waals surface area contributed by atoms with E-state index in [-0.39, 0.29) is 6.04 Å². The largest absolute Gasteiger partial charge is 0.316 e. The zero-order valence-corrected chi connectivity index (χ0v) is 13.0. The molecule has 1 rings (SSSR count). The van der Waals surface area contributed by atoms with Crippen molar-refractivity contribution in [1.29, 1.82) is 0 Å². The Morgan fingerprint density at radius 3 is 2.44 bits per heavy atom. The Balaban J connectivity index is 2.25. The van der Waals surface area contributed by atoms with Crippen molar-refractivity contribution in [1.82, 2.24) is 10.2 Å². The van der Waals surface area contributed by atoms with Gasteiger partial charge in [-0.1, -0.05) is 20.8 Å². The zero-order chi connectivity index (χ0) is 13.8. The average molecular weight is 276 g/mol. The van der Waals surface area contributed by atoms with Crippen molar-refractivity contribution in [3.05, 3.63) is 0 Å². The summed E-state index contributed by atoms with van der Waals surface area (Å²) >= 11 is 0. The third kappa shape index (κ3) is 5.67. The van der Waals surface area contributed by atoms with Crippen molar-refractivity contribution < 1.29 is 8.42 Å². The Morgan fingerprint density at radius 1 is 1.28 bits per heavy atom. The van der Waals surface area contributed by atoms with Crippen LogP contribution in [-0.2, 0) is 9.84 Å². The van der Waals surface area contributed by atoms with Crippen LogP contribution in [0.4, 0.5) is 0 Å². The number of hydrogen-bond acceptors (Lipinski definition) is 4. The highest BCUT2D eigenvalue weighted by Crippen LogP contribution is 2.17. The van der Waals surface area contributed by atoms with Gasteiger partial charge in [0.2, 0.25) is 0 Å². The van der Waals surface area contributed by atoms with Crippen molar-refractivity contribution in [3.8, 4) is 0 Å². The second-order valence-corrected chi connectivity index (χ2v) is 8.38. The van der Waals surface area contributed by atoms with E-state index in [4.69, 9.17) is 0 Å². The third-order valence-electron chi connectivity index (χ3n) is 3.48. The first-order valence-electron chi connectivity index (χ1n) is 6.91. The van der Waals surface area contributed by atoms with Gasteiger partial charge >= 0.3 is 0 Å². The van der Waals surface area contributed by atoms with E-state index >= 15 is 0 Å². The van der Waals surface area contributed by atoms with Gasteiger partial charge in [0, 0.05) is 12.6 Å². The normalized spacial score (nSPS) is 24.9. The molecule has 0 aromatic carbocycles. The maximum atomic E-state index is 11.4. The lowest BCUT2D eigenvalue weighted by atomic mass is 10.1. The Kier molecular flexibility index (Phi) is 6.08. The molecule has 1 aliphatic heterocycles. The Morgan fingerprint density at radius 2 is 1.94 bits per heavy atom. The molecule has 1 fully saturated rings. The van der Waals surface area contributed by atoms with Gasteiger partial charge in [0.05, 0.1) is 11.5 Å². The lowest BCUT2D eigenvalue weighted by Crippen LogP contribution is -2.38. The maximum absolute atomic E-state index is 11.4. The SMILES string of the molecule is CC(C)CNCC(C)CN(C)C1CCS(=O)(=O)C1. The molecule has 1 N–H and O–H groups in total. The summed E-state index contributed by atoms with van der Waals surface area (Å²) in [6, 6.07) is 0.225. The number of nitrogens with zero attached hydrogens (tertiary/aromatic N) is 1. The maximum Gasteiger partial charge on any atom is 0.151 e. The second-order valence-electron chi connectivity index (χ2n) is 6.15. The molecule has 2 atom stereocenters. The summed E-state index contributed by atoms with van der Waals surface area (Å²) in [5.74, 6) is 1.93. The van der Waals surface area contributed by atoms with E-state index in [1.165, 1.54) is 0 Å². The van der Waals surface area contributed by atoms with E-state index in [2.05, 4.69) is 31.0 Å². The molecule has 108 valence electrons. The first-order valence-corrected chi connectivity index (χ1v) is 8.73. The van der Waals surface area contributed by atoms with Gasteiger partial charge in [0.25, 0.3) is 0 Å². The molecule has 0 aromatic heterocycles. The molecule has 0 amide bonds. The van der Waals surface area contributed by atoms with E-state index in [1.54, 1.807) is 0 Å². The second kappa shape index (κ2) is 6.87. The summed E-state index contributed by atoms with van der Waals surface area (Å²) in [6.07, 6.45) is 0.797. The predicted octanol–water partition coefficient (Wildman–Crippen LogP) is 0.987. The summed E-state index contributed by atoms with van der Waals surface area (Å²) in [4.78, 5) is 2.21.